The lowest BCUT2D eigenvalue weighted by molar-refractivity contribution is -0.384. The van der Waals surface area contributed by atoms with Crippen LogP contribution >= 0.6 is 0 Å². The van der Waals surface area contributed by atoms with E-state index in [0.29, 0.717) is 38.2 Å². The number of aromatic nitrogens is 2. The Kier molecular flexibility index (Phi) is 5.47. The first-order valence-corrected chi connectivity index (χ1v) is 9.99. The first-order chi connectivity index (χ1) is 14.6. The van der Waals surface area contributed by atoms with Crippen molar-refractivity contribution in [3.8, 4) is 5.69 Å². The monoisotopic (exact) mass is 405 g/mol. The average Bonchev–Trinajstić information content (AvgIpc) is 3.23. The van der Waals surface area contributed by atoms with Crippen molar-refractivity contribution in [3.63, 3.8) is 0 Å². The van der Waals surface area contributed by atoms with Crippen LogP contribution in [0.4, 0.5) is 11.4 Å². The van der Waals surface area contributed by atoms with Crippen LogP contribution in [0, 0.1) is 10.1 Å². The summed E-state index contributed by atoms with van der Waals surface area (Å²) >= 11 is 0. The van der Waals surface area contributed by atoms with Crippen molar-refractivity contribution in [2.75, 3.05) is 31.1 Å². The summed E-state index contributed by atoms with van der Waals surface area (Å²) < 4.78 is 1.83. The molecule has 0 unspecified atom stereocenters. The van der Waals surface area contributed by atoms with E-state index in [1.807, 2.05) is 46.8 Å². The number of para-hydroxylation sites is 1. The van der Waals surface area contributed by atoms with Crippen LogP contribution in [0.5, 0.6) is 0 Å². The molecule has 3 aromatic rings. The van der Waals surface area contributed by atoms with Crippen molar-refractivity contribution in [2.24, 2.45) is 0 Å². The predicted octanol–water partition coefficient (Wildman–Crippen LogP) is 3.31. The van der Waals surface area contributed by atoms with Gasteiger partial charge in [0.15, 0.2) is 0 Å². The second-order valence-electron chi connectivity index (χ2n) is 7.16. The molecular weight excluding hydrogens is 382 g/mol. The molecule has 2 heterocycles. The molecule has 1 fully saturated rings. The number of hydrogen-bond donors (Lipinski definition) is 0. The van der Waals surface area contributed by atoms with Gasteiger partial charge in [-0.1, -0.05) is 25.1 Å². The summed E-state index contributed by atoms with van der Waals surface area (Å²) in [5.74, 6) is -0.00243. The third-order valence-electron chi connectivity index (χ3n) is 5.43. The number of amides is 1. The Hall–Kier alpha value is -3.68. The Morgan fingerprint density at radius 3 is 2.27 bits per heavy atom. The van der Waals surface area contributed by atoms with Gasteiger partial charge in [0.2, 0.25) is 0 Å². The molecule has 8 nitrogen and oxygen atoms in total. The largest absolute Gasteiger partial charge is 0.368 e. The maximum absolute atomic E-state index is 13.2. The number of nitrogens with zero attached hydrogens (tertiary/aromatic N) is 5. The van der Waals surface area contributed by atoms with E-state index in [0.717, 1.165) is 17.1 Å². The van der Waals surface area contributed by atoms with Crippen LogP contribution in [-0.4, -0.2) is 51.7 Å². The molecule has 1 aliphatic heterocycles. The molecule has 1 saturated heterocycles. The molecule has 4 rings (SSSR count). The van der Waals surface area contributed by atoms with Crippen molar-refractivity contribution in [1.29, 1.82) is 0 Å². The number of nitro groups is 1. The summed E-state index contributed by atoms with van der Waals surface area (Å²) in [6.07, 6.45) is 2.37. The first-order valence-electron chi connectivity index (χ1n) is 9.99. The number of hydrogen-bond acceptors (Lipinski definition) is 5. The van der Waals surface area contributed by atoms with E-state index >= 15 is 0 Å². The molecule has 1 amide bonds. The van der Waals surface area contributed by atoms with Gasteiger partial charge < -0.3 is 9.80 Å². The lowest BCUT2D eigenvalue weighted by Crippen LogP contribution is -2.48. The van der Waals surface area contributed by atoms with Crippen molar-refractivity contribution in [3.05, 3.63) is 82.2 Å². The molecule has 1 aromatic heterocycles. The molecule has 0 spiro atoms. The summed E-state index contributed by atoms with van der Waals surface area (Å²) in [7, 11) is 0. The molecule has 0 bridgehead atoms. The minimum atomic E-state index is -0.401. The van der Waals surface area contributed by atoms with Gasteiger partial charge in [-0.2, -0.15) is 5.10 Å². The van der Waals surface area contributed by atoms with Gasteiger partial charge in [0, 0.05) is 44.0 Å². The summed E-state index contributed by atoms with van der Waals surface area (Å²) in [4.78, 5) is 27.6. The second kappa shape index (κ2) is 8.36. The van der Waals surface area contributed by atoms with Crippen molar-refractivity contribution >= 4 is 17.3 Å². The van der Waals surface area contributed by atoms with Gasteiger partial charge >= 0.3 is 0 Å². The molecule has 0 N–H and O–H groups in total. The van der Waals surface area contributed by atoms with E-state index in [1.54, 1.807) is 18.3 Å². The molecule has 1 aliphatic rings. The van der Waals surface area contributed by atoms with E-state index in [1.165, 1.54) is 12.1 Å². The number of benzene rings is 2. The summed E-state index contributed by atoms with van der Waals surface area (Å²) in [5, 5.41) is 15.3. The zero-order chi connectivity index (χ0) is 21.1. The topological polar surface area (TPSA) is 84.5 Å². The van der Waals surface area contributed by atoms with E-state index < -0.39 is 4.92 Å². The molecular formula is C22H23N5O3. The number of carbonyl (C=O) groups is 1. The highest BCUT2D eigenvalue weighted by Crippen LogP contribution is 2.22. The van der Waals surface area contributed by atoms with Gasteiger partial charge in [0.05, 0.1) is 28.1 Å². The van der Waals surface area contributed by atoms with Gasteiger partial charge in [0.1, 0.15) is 0 Å². The van der Waals surface area contributed by atoms with Gasteiger partial charge in [-0.15, -0.1) is 0 Å². The minimum absolute atomic E-state index is 0.00243. The number of carbonyl (C=O) groups excluding carboxylic acids is 1. The second-order valence-corrected chi connectivity index (χ2v) is 7.16. The summed E-state index contributed by atoms with van der Waals surface area (Å²) in [6.45, 7) is 4.57. The average molecular weight is 405 g/mol. The third kappa shape index (κ3) is 3.76. The Balaban J connectivity index is 1.46. The molecule has 8 heteroatoms. The van der Waals surface area contributed by atoms with Gasteiger partial charge in [-0.25, -0.2) is 4.68 Å². The number of anilines is 1. The van der Waals surface area contributed by atoms with Crippen molar-refractivity contribution in [1.82, 2.24) is 14.7 Å². The zero-order valence-corrected chi connectivity index (χ0v) is 16.8. The van der Waals surface area contributed by atoms with Crippen molar-refractivity contribution < 1.29 is 9.72 Å². The van der Waals surface area contributed by atoms with Crippen LogP contribution in [0.3, 0.4) is 0 Å². The Bertz CT molecular complexity index is 1040. The molecule has 2 aromatic carbocycles. The van der Waals surface area contributed by atoms with Gasteiger partial charge in [0.25, 0.3) is 11.6 Å². The Morgan fingerprint density at radius 2 is 1.67 bits per heavy atom. The Morgan fingerprint density at radius 1 is 1.00 bits per heavy atom. The third-order valence-corrected chi connectivity index (χ3v) is 5.43. The van der Waals surface area contributed by atoms with Crippen LogP contribution < -0.4 is 4.90 Å². The minimum Gasteiger partial charge on any atom is -0.368 e. The van der Waals surface area contributed by atoms with Crippen LogP contribution in [0.25, 0.3) is 5.69 Å². The van der Waals surface area contributed by atoms with Crippen molar-refractivity contribution in [2.45, 2.75) is 13.3 Å². The molecule has 0 radical (unpaired) electrons. The van der Waals surface area contributed by atoms with E-state index in [2.05, 4.69) is 10.00 Å². The zero-order valence-electron chi connectivity index (χ0n) is 16.8. The highest BCUT2D eigenvalue weighted by atomic mass is 16.6. The summed E-state index contributed by atoms with van der Waals surface area (Å²) in [5.41, 5.74) is 3.50. The number of nitro benzene ring substituents is 1. The fraction of sp³-hybridized carbons (Fsp3) is 0.273. The number of non-ortho nitro benzene ring substituents is 1. The molecule has 0 aliphatic carbocycles. The number of piperazine rings is 1. The van der Waals surface area contributed by atoms with E-state index in [4.69, 9.17) is 0 Å². The molecule has 0 atom stereocenters. The highest BCUT2D eigenvalue weighted by molar-refractivity contribution is 5.95. The van der Waals surface area contributed by atoms with Crippen LogP contribution in [0.1, 0.15) is 23.0 Å². The first kappa shape index (κ1) is 19.6. The predicted molar refractivity (Wildman–Crippen MR) is 114 cm³/mol. The van der Waals surface area contributed by atoms with Crippen LogP contribution in [0.2, 0.25) is 0 Å². The number of rotatable bonds is 5. The van der Waals surface area contributed by atoms with Gasteiger partial charge in [-0.05, 0) is 30.7 Å². The molecule has 0 saturated carbocycles. The maximum Gasteiger partial charge on any atom is 0.269 e. The lowest BCUT2D eigenvalue weighted by atomic mass is 10.1. The lowest BCUT2D eigenvalue weighted by Gasteiger charge is -2.36. The fourth-order valence-electron chi connectivity index (χ4n) is 3.81. The quantitative estimate of drug-likeness (QED) is 0.480. The maximum atomic E-state index is 13.2. The Labute approximate surface area is 174 Å². The highest BCUT2D eigenvalue weighted by Gasteiger charge is 2.26. The smallest absolute Gasteiger partial charge is 0.269 e. The molecule has 154 valence electrons. The normalized spacial score (nSPS) is 14.0. The standard InChI is InChI=1S/C22H23N5O3/c1-2-21-20(16-23-26(21)18-6-4-3-5-7-18)22(28)25-14-12-24(13-15-25)17-8-10-19(11-9-17)27(29)30/h3-11,16H,2,12-15H2,1H3. The molecule has 30 heavy (non-hydrogen) atoms. The van der Waals surface area contributed by atoms with Crippen LogP contribution in [0.15, 0.2) is 60.8 Å². The van der Waals surface area contributed by atoms with Crippen LogP contribution in [-0.2, 0) is 6.42 Å². The SMILES string of the molecule is CCc1c(C(=O)N2CCN(c3ccc([N+](=O)[O-])cc3)CC2)cnn1-c1ccccc1. The van der Waals surface area contributed by atoms with Gasteiger partial charge in [-0.3, -0.25) is 14.9 Å². The fourth-order valence-corrected chi connectivity index (χ4v) is 3.81. The van der Waals surface area contributed by atoms with E-state index in [-0.39, 0.29) is 11.6 Å². The summed E-state index contributed by atoms with van der Waals surface area (Å²) in [6, 6.07) is 16.4. The van der Waals surface area contributed by atoms with E-state index in [9.17, 15) is 14.9 Å².